The minimum Gasteiger partial charge on any atom is -0.456 e. The van der Waals surface area contributed by atoms with Gasteiger partial charge in [0.15, 0.2) is 0 Å². The molecule has 0 aliphatic heterocycles. The van der Waals surface area contributed by atoms with Gasteiger partial charge in [-0.05, 0) is 55.7 Å². The minimum absolute atomic E-state index is 0.00420. The first-order valence-corrected chi connectivity index (χ1v) is 7.08. The summed E-state index contributed by atoms with van der Waals surface area (Å²) in [5, 5.41) is 7.64. The number of halogens is 1. The second-order valence-electron chi connectivity index (χ2n) is 4.81. The predicted molar refractivity (Wildman–Crippen MR) is 85.9 cm³/mol. The zero-order valence-corrected chi connectivity index (χ0v) is 13.3. The SMILES string of the molecule is Cc1ccc(C)c(Oc2cc(Br)ccc2C(=N)N)c1C. The highest BCUT2D eigenvalue weighted by molar-refractivity contribution is 9.10. The summed E-state index contributed by atoms with van der Waals surface area (Å²) in [6.45, 7) is 6.09. The number of hydrogen-bond donors (Lipinski definition) is 2. The summed E-state index contributed by atoms with van der Waals surface area (Å²) in [5.41, 5.74) is 9.53. The van der Waals surface area contributed by atoms with Crippen LogP contribution in [0.15, 0.2) is 34.8 Å². The molecule has 3 nitrogen and oxygen atoms in total. The molecular weight excluding hydrogens is 316 g/mol. The molecule has 0 saturated carbocycles. The van der Waals surface area contributed by atoms with Gasteiger partial charge >= 0.3 is 0 Å². The van der Waals surface area contributed by atoms with Crippen LogP contribution in [0.5, 0.6) is 11.5 Å². The lowest BCUT2D eigenvalue weighted by atomic mass is 10.1. The summed E-state index contributed by atoms with van der Waals surface area (Å²) >= 11 is 3.42. The highest BCUT2D eigenvalue weighted by Gasteiger charge is 2.12. The molecule has 0 unspecified atom stereocenters. The number of amidine groups is 1. The monoisotopic (exact) mass is 332 g/mol. The van der Waals surface area contributed by atoms with Crippen molar-refractivity contribution in [2.24, 2.45) is 5.73 Å². The van der Waals surface area contributed by atoms with Crippen molar-refractivity contribution in [3.63, 3.8) is 0 Å². The fraction of sp³-hybridized carbons (Fsp3) is 0.188. The minimum atomic E-state index is -0.00420. The van der Waals surface area contributed by atoms with Gasteiger partial charge in [-0.2, -0.15) is 0 Å². The fourth-order valence-electron chi connectivity index (χ4n) is 2.00. The average molecular weight is 333 g/mol. The van der Waals surface area contributed by atoms with Gasteiger partial charge in [-0.1, -0.05) is 28.1 Å². The van der Waals surface area contributed by atoms with E-state index >= 15 is 0 Å². The Bertz CT molecular complexity index is 680. The molecule has 20 heavy (non-hydrogen) atoms. The van der Waals surface area contributed by atoms with Gasteiger partial charge < -0.3 is 10.5 Å². The van der Waals surface area contributed by atoms with Crippen LogP contribution in [0.1, 0.15) is 22.3 Å². The molecule has 0 fully saturated rings. The molecule has 0 bridgehead atoms. The Morgan fingerprint density at radius 1 is 1.10 bits per heavy atom. The molecule has 0 heterocycles. The highest BCUT2D eigenvalue weighted by Crippen LogP contribution is 2.33. The molecule has 0 radical (unpaired) electrons. The van der Waals surface area contributed by atoms with Crippen LogP contribution >= 0.6 is 15.9 Å². The summed E-state index contributed by atoms with van der Waals surface area (Å²) in [5.74, 6) is 1.41. The number of ether oxygens (including phenoxy) is 1. The van der Waals surface area contributed by atoms with Gasteiger partial charge in [-0.3, -0.25) is 5.41 Å². The normalized spacial score (nSPS) is 10.4. The lowest BCUT2D eigenvalue weighted by Crippen LogP contribution is -2.12. The van der Waals surface area contributed by atoms with Gasteiger partial charge in [0.05, 0.1) is 5.56 Å². The molecule has 0 atom stereocenters. The largest absolute Gasteiger partial charge is 0.456 e. The Morgan fingerprint density at radius 3 is 2.40 bits per heavy atom. The van der Waals surface area contributed by atoms with Crippen molar-refractivity contribution in [1.29, 1.82) is 5.41 Å². The molecule has 0 amide bonds. The van der Waals surface area contributed by atoms with Crippen molar-refractivity contribution in [3.05, 3.63) is 57.1 Å². The Balaban J connectivity index is 2.53. The zero-order chi connectivity index (χ0) is 14.9. The second kappa shape index (κ2) is 5.67. The van der Waals surface area contributed by atoms with E-state index in [1.807, 2.05) is 32.0 Å². The van der Waals surface area contributed by atoms with Crippen LogP contribution in [-0.4, -0.2) is 5.84 Å². The third kappa shape index (κ3) is 2.85. The standard InChI is InChI=1S/C16H17BrN2O/c1-9-4-5-10(2)15(11(9)3)20-14-8-12(17)6-7-13(14)16(18)19/h4-8H,1-3H3,(H3,18,19). The smallest absolute Gasteiger partial charge is 0.139 e. The van der Waals surface area contributed by atoms with E-state index < -0.39 is 0 Å². The fourth-order valence-corrected chi connectivity index (χ4v) is 2.34. The third-order valence-corrected chi connectivity index (χ3v) is 3.81. The maximum Gasteiger partial charge on any atom is 0.139 e. The van der Waals surface area contributed by atoms with E-state index in [2.05, 4.69) is 28.9 Å². The average Bonchev–Trinajstić information content (AvgIpc) is 2.39. The number of rotatable bonds is 3. The van der Waals surface area contributed by atoms with Crippen LogP contribution in [0, 0.1) is 26.2 Å². The molecule has 0 aliphatic carbocycles. The van der Waals surface area contributed by atoms with E-state index in [1.54, 1.807) is 6.07 Å². The van der Waals surface area contributed by atoms with E-state index in [0.717, 1.165) is 21.3 Å². The van der Waals surface area contributed by atoms with E-state index in [4.69, 9.17) is 15.9 Å². The number of nitrogen functional groups attached to an aromatic ring is 1. The highest BCUT2D eigenvalue weighted by atomic mass is 79.9. The van der Waals surface area contributed by atoms with Crippen LogP contribution in [0.25, 0.3) is 0 Å². The van der Waals surface area contributed by atoms with Gasteiger partial charge in [-0.25, -0.2) is 0 Å². The molecule has 0 spiro atoms. The molecular formula is C16H17BrN2O. The summed E-state index contributed by atoms with van der Waals surface area (Å²) in [4.78, 5) is 0. The number of nitrogens with two attached hydrogens (primary N) is 1. The van der Waals surface area contributed by atoms with Crippen LogP contribution in [0.4, 0.5) is 0 Å². The summed E-state index contributed by atoms with van der Waals surface area (Å²) < 4.78 is 6.93. The van der Waals surface area contributed by atoms with Gasteiger partial charge in [0.25, 0.3) is 0 Å². The number of hydrogen-bond acceptors (Lipinski definition) is 2. The first-order chi connectivity index (χ1) is 9.40. The van der Waals surface area contributed by atoms with Crippen LogP contribution in [0.2, 0.25) is 0 Å². The van der Waals surface area contributed by atoms with Crippen molar-refractivity contribution < 1.29 is 4.74 Å². The summed E-state index contributed by atoms with van der Waals surface area (Å²) in [7, 11) is 0. The van der Waals surface area contributed by atoms with E-state index in [1.165, 1.54) is 5.56 Å². The molecule has 0 saturated heterocycles. The Morgan fingerprint density at radius 2 is 1.75 bits per heavy atom. The predicted octanol–water partition coefficient (Wildman–Crippen LogP) is 4.45. The van der Waals surface area contributed by atoms with Crippen LogP contribution in [-0.2, 0) is 0 Å². The molecule has 0 aliphatic rings. The van der Waals surface area contributed by atoms with E-state index in [0.29, 0.717) is 11.3 Å². The first kappa shape index (κ1) is 14.6. The molecule has 2 aromatic rings. The van der Waals surface area contributed by atoms with Crippen LogP contribution < -0.4 is 10.5 Å². The quantitative estimate of drug-likeness (QED) is 0.644. The maximum absolute atomic E-state index is 7.64. The number of benzene rings is 2. The van der Waals surface area contributed by atoms with Crippen molar-refractivity contribution in [1.82, 2.24) is 0 Å². The lowest BCUT2D eigenvalue weighted by Gasteiger charge is -2.16. The molecule has 3 N–H and O–H groups in total. The van der Waals surface area contributed by atoms with E-state index in [9.17, 15) is 0 Å². The number of nitrogens with one attached hydrogen (secondary N) is 1. The first-order valence-electron chi connectivity index (χ1n) is 6.28. The maximum atomic E-state index is 7.64. The summed E-state index contributed by atoms with van der Waals surface area (Å²) in [6.07, 6.45) is 0. The molecule has 2 aromatic carbocycles. The Kier molecular flexibility index (Phi) is 4.14. The Hall–Kier alpha value is -1.81. The van der Waals surface area contributed by atoms with Crippen molar-refractivity contribution in [2.75, 3.05) is 0 Å². The topological polar surface area (TPSA) is 59.1 Å². The summed E-state index contributed by atoms with van der Waals surface area (Å²) in [6, 6.07) is 9.56. The lowest BCUT2D eigenvalue weighted by molar-refractivity contribution is 0.473. The van der Waals surface area contributed by atoms with Gasteiger partial charge in [0.1, 0.15) is 17.3 Å². The molecule has 2 rings (SSSR count). The van der Waals surface area contributed by atoms with Gasteiger partial charge in [-0.15, -0.1) is 0 Å². The zero-order valence-electron chi connectivity index (χ0n) is 11.8. The number of aryl methyl sites for hydroxylation is 2. The van der Waals surface area contributed by atoms with Crippen molar-refractivity contribution in [2.45, 2.75) is 20.8 Å². The van der Waals surface area contributed by atoms with Crippen LogP contribution in [0.3, 0.4) is 0 Å². The molecule has 104 valence electrons. The molecule has 0 aromatic heterocycles. The Labute approximate surface area is 127 Å². The van der Waals surface area contributed by atoms with Gasteiger partial charge in [0, 0.05) is 4.47 Å². The van der Waals surface area contributed by atoms with E-state index in [-0.39, 0.29) is 5.84 Å². The van der Waals surface area contributed by atoms with Gasteiger partial charge in [0.2, 0.25) is 0 Å². The molecule has 4 heteroatoms. The third-order valence-electron chi connectivity index (χ3n) is 3.32. The van der Waals surface area contributed by atoms with Crippen molar-refractivity contribution in [3.8, 4) is 11.5 Å². The van der Waals surface area contributed by atoms with Crippen molar-refractivity contribution >= 4 is 21.8 Å². The second-order valence-corrected chi connectivity index (χ2v) is 5.73.